The van der Waals surface area contributed by atoms with E-state index in [9.17, 15) is 9.59 Å². The Balaban J connectivity index is 0.00000199. The minimum atomic E-state index is -0.596. The SMILES string of the molecule is CC.COc1ccc(NC(=O)c2nccnc2-c2ccccc2CNC(=O)OC(C)(C)C)cc1. The lowest BCUT2D eigenvalue weighted by atomic mass is 10.0. The topological polar surface area (TPSA) is 102 Å². The van der Waals surface area contributed by atoms with Crippen molar-refractivity contribution < 1.29 is 19.1 Å². The van der Waals surface area contributed by atoms with Gasteiger partial charge in [0.25, 0.3) is 5.91 Å². The number of aromatic nitrogens is 2. The number of nitrogens with zero attached hydrogens (tertiary/aromatic N) is 2. The van der Waals surface area contributed by atoms with Crippen LogP contribution in [0.2, 0.25) is 0 Å². The fraction of sp³-hybridized carbons (Fsp3) is 0.308. The molecule has 1 aromatic heterocycles. The molecule has 3 rings (SSSR count). The fourth-order valence-electron chi connectivity index (χ4n) is 2.95. The summed E-state index contributed by atoms with van der Waals surface area (Å²) in [5.41, 5.74) is 2.07. The average Bonchev–Trinajstić information content (AvgIpc) is 2.83. The predicted octanol–water partition coefficient (Wildman–Crippen LogP) is 5.46. The third-order valence-electron chi connectivity index (χ3n) is 4.36. The van der Waals surface area contributed by atoms with Crippen LogP contribution >= 0.6 is 0 Å². The second-order valence-corrected chi connectivity index (χ2v) is 7.95. The first-order chi connectivity index (χ1) is 16.3. The van der Waals surface area contributed by atoms with E-state index in [-0.39, 0.29) is 12.2 Å². The Morgan fingerprint density at radius 2 is 1.59 bits per heavy atom. The van der Waals surface area contributed by atoms with Crippen molar-refractivity contribution in [2.24, 2.45) is 0 Å². The molecule has 2 amide bonds. The first-order valence-electron chi connectivity index (χ1n) is 11.1. The summed E-state index contributed by atoms with van der Waals surface area (Å²) in [6.45, 7) is 9.61. The van der Waals surface area contributed by atoms with Crippen molar-refractivity contribution in [3.05, 3.63) is 72.2 Å². The summed E-state index contributed by atoms with van der Waals surface area (Å²) >= 11 is 0. The van der Waals surface area contributed by atoms with Crippen LogP contribution in [0.4, 0.5) is 10.5 Å². The Morgan fingerprint density at radius 3 is 2.24 bits per heavy atom. The van der Waals surface area contributed by atoms with Crippen molar-refractivity contribution in [3.63, 3.8) is 0 Å². The quantitative estimate of drug-likeness (QED) is 0.502. The highest BCUT2D eigenvalue weighted by atomic mass is 16.6. The number of ether oxygens (including phenoxy) is 2. The maximum atomic E-state index is 13.0. The lowest BCUT2D eigenvalue weighted by Gasteiger charge is -2.20. The van der Waals surface area contributed by atoms with E-state index >= 15 is 0 Å². The molecule has 0 aliphatic carbocycles. The number of methoxy groups -OCH3 is 1. The highest BCUT2D eigenvalue weighted by molar-refractivity contribution is 6.06. The van der Waals surface area contributed by atoms with Crippen molar-refractivity contribution >= 4 is 17.7 Å². The summed E-state index contributed by atoms with van der Waals surface area (Å²) in [7, 11) is 1.58. The first kappa shape index (κ1) is 26.3. The molecular weight excluding hydrogens is 432 g/mol. The van der Waals surface area contributed by atoms with Gasteiger partial charge in [0.1, 0.15) is 17.0 Å². The van der Waals surface area contributed by atoms with Crippen molar-refractivity contribution in [1.82, 2.24) is 15.3 Å². The summed E-state index contributed by atoms with van der Waals surface area (Å²) in [4.78, 5) is 33.7. The van der Waals surface area contributed by atoms with E-state index in [1.165, 1.54) is 12.4 Å². The van der Waals surface area contributed by atoms with Crippen LogP contribution in [0.3, 0.4) is 0 Å². The van der Waals surface area contributed by atoms with Gasteiger partial charge in [-0.25, -0.2) is 9.78 Å². The van der Waals surface area contributed by atoms with Crippen LogP contribution in [0, 0.1) is 0 Å². The van der Waals surface area contributed by atoms with Gasteiger partial charge in [-0.3, -0.25) is 9.78 Å². The van der Waals surface area contributed by atoms with Crippen LogP contribution in [-0.4, -0.2) is 34.7 Å². The van der Waals surface area contributed by atoms with Gasteiger partial charge in [0.05, 0.1) is 7.11 Å². The maximum absolute atomic E-state index is 13.0. The molecule has 8 heteroatoms. The summed E-state index contributed by atoms with van der Waals surface area (Å²) in [6, 6.07) is 14.4. The molecule has 3 aromatic rings. The molecule has 0 saturated heterocycles. The summed E-state index contributed by atoms with van der Waals surface area (Å²) in [5.74, 6) is 0.294. The van der Waals surface area contributed by atoms with Crippen LogP contribution < -0.4 is 15.4 Å². The number of anilines is 1. The molecule has 2 aromatic carbocycles. The van der Waals surface area contributed by atoms with Gasteiger partial charge in [-0.05, 0) is 50.6 Å². The first-order valence-corrected chi connectivity index (χ1v) is 11.1. The molecular formula is C26H32N4O4. The Labute approximate surface area is 200 Å². The van der Waals surface area contributed by atoms with E-state index in [1.807, 2.05) is 38.1 Å². The predicted molar refractivity (Wildman–Crippen MR) is 133 cm³/mol. The van der Waals surface area contributed by atoms with Crippen molar-refractivity contribution in [2.75, 3.05) is 12.4 Å². The Kier molecular flexibility index (Phi) is 9.55. The van der Waals surface area contributed by atoms with Crippen molar-refractivity contribution in [1.29, 1.82) is 0 Å². The molecule has 180 valence electrons. The number of nitrogens with one attached hydrogen (secondary N) is 2. The van der Waals surface area contributed by atoms with E-state index in [0.29, 0.717) is 22.7 Å². The Bertz CT molecular complexity index is 1090. The van der Waals surface area contributed by atoms with Crippen LogP contribution in [0.5, 0.6) is 5.75 Å². The monoisotopic (exact) mass is 464 g/mol. The van der Waals surface area contributed by atoms with Gasteiger partial charge in [-0.15, -0.1) is 0 Å². The Hall–Kier alpha value is -3.94. The van der Waals surface area contributed by atoms with Crippen molar-refractivity contribution in [2.45, 2.75) is 46.8 Å². The molecule has 0 unspecified atom stereocenters. The zero-order valence-corrected chi connectivity index (χ0v) is 20.5. The molecule has 0 radical (unpaired) electrons. The lowest BCUT2D eigenvalue weighted by molar-refractivity contribution is 0.0523. The molecule has 0 bridgehead atoms. The summed E-state index contributed by atoms with van der Waals surface area (Å²) in [6.07, 6.45) is 2.47. The largest absolute Gasteiger partial charge is 0.497 e. The molecule has 1 heterocycles. The second kappa shape index (κ2) is 12.3. The molecule has 0 aliphatic heterocycles. The molecule has 0 saturated carbocycles. The minimum absolute atomic E-state index is 0.174. The Morgan fingerprint density at radius 1 is 0.941 bits per heavy atom. The normalized spacial score (nSPS) is 10.4. The molecule has 0 aliphatic rings. The molecule has 34 heavy (non-hydrogen) atoms. The van der Waals surface area contributed by atoms with E-state index in [2.05, 4.69) is 20.6 Å². The van der Waals surface area contributed by atoms with Crippen LogP contribution in [0.1, 0.15) is 50.7 Å². The van der Waals surface area contributed by atoms with Gasteiger partial charge in [0.2, 0.25) is 0 Å². The molecule has 0 atom stereocenters. The van der Waals surface area contributed by atoms with E-state index in [4.69, 9.17) is 9.47 Å². The lowest BCUT2D eigenvalue weighted by Crippen LogP contribution is -2.32. The van der Waals surface area contributed by atoms with Crippen LogP contribution in [0.25, 0.3) is 11.3 Å². The molecule has 8 nitrogen and oxygen atoms in total. The summed E-state index contributed by atoms with van der Waals surface area (Å²) < 4.78 is 10.4. The van der Waals surface area contributed by atoms with Gasteiger partial charge >= 0.3 is 6.09 Å². The fourth-order valence-corrected chi connectivity index (χ4v) is 2.95. The van der Waals surface area contributed by atoms with Gasteiger partial charge in [-0.2, -0.15) is 0 Å². The van der Waals surface area contributed by atoms with Gasteiger partial charge in [0, 0.05) is 30.2 Å². The minimum Gasteiger partial charge on any atom is -0.497 e. The van der Waals surface area contributed by atoms with Crippen LogP contribution in [0.15, 0.2) is 60.9 Å². The smallest absolute Gasteiger partial charge is 0.407 e. The third-order valence-corrected chi connectivity index (χ3v) is 4.36. The number of amides is 2. The third kappa shape index (κ3) is 7.58. The average molecular weight is 465 g/mol. The molecule has 0 spiro atoms. The standard InChI is InChI=1S/C24H26N4O4.C2H6/c1-24(2,3)32-23(30)27-15-16-7-5-6-8-19(16)20-21(26-14-13-25-20)22(29)28-17-9-11-18(31-4)12-10-17;1-2/h5-14H,15H2,1-4H3,(H,27,30)(H,28,29);1-2H3. The number of alkyl carbamates (subject to hydrolysis) is 1. The van der Waals surface area contributed by atoms with E-state index < -0.39 is 17.6 Å². The molecule has 0 fully saturated rings. The van der Waals surface area contributed by atoms with Gasteiger partial charge in [0.15, 0.2) is 5.69 Å². The zero-order valence-electron chi connectivity index (χ0n) is 20.5. The maximum Gasteiger partial charge on any atom is 0.407 e. The highest BCUT2D eigenvalue weighted by Gasteiger charge is 2.20. The number of hydrogen-bond donors (Lipinski definition) is 2. The van der Waals surface area contributed by atoms with Gasteiger partial charge in [-0.1, -0.05) is 38.1 Å². The number of rotatable bonds is 6. The highest BCUT2D eigenvalue weighted by Crippen LogP contribution is 2.25. The molecule has 2 N–H and O–H groups in total. The number of benzene rings is 2. The zero-order chi connectivity index (χ0) is 25.1. The van der Waals surface area contributed by atoms with Gasteiger partial charge < -0.3 is 20.1 Å². The van der Waals surface area contributed by atoms with Crippen molar-refractivity contribution in [3.8, 4) is 17.0 Å². The van der Waals surface area contributed by atoms with Crippen LogP contribution in [-0.2, 0) is 11.3 Å². The number of carbonyl (C=O) groups is 2. The number of carbonyl (C=O) groups excluding carboxylic acids is 2. The number of hydrogen-bond acceptors (Lipinski definition) is 6. The van der Waals surface area contributed by atoms with E-state index in [0.717, 1.165) is 5.56 Å². The van der Waals surface area contributed by atoms with E-state index in [1.54, 1.807) is 52.1 Å². The summed E-state index contributed by atoms with van der Waals surface area (Å²) in [5, 5.41) is 5.57. The second-order valence-electron chi connectivity index (χ2n) is 7.95.